The van der Waals surface area contributed by atoms with Crippen LogP contribution in [0.5, 0.6) is 0 Å². The van der Waals surface area contributed by atoms with Gasteiger partial charge in [0.2, 0.25) is 0 Å². The summed E-state index contributed by atoms with van der Waals surface area (Å²) >= 11 is 2.11. The van der Waals surface area contributed by atoms with Gasteiger partial charge in [-0.05, 0) is 40.3 Å². The molecule has 0 aliphatic carbocycles. The average Bonchev–Trinajstić information content (AvgIpc) is 2.50. The van der Waals surface area contributed by atoms with E-state index in [1.165, 1.54) is 12.1 Å². The van der Waals surface area contributed by atoms with Crippen LogP contribution in [-0.4, -0.2) is 9.78 Å². The van der Waals surface area contributed by atoms with Gasteiger partial charge in [0.05, 0.1) is 16.3 Å². The largest absolute Gasteiger partial charge is 0.383 e. The van der Waals surface area contributed by atoms with Gasteiger partial charge in [-0.1, -0.05) is 12.1 Å². The number of anilines is 1. The lowest BCUT2D eigenvalue weighted by Crippen LogP contribution is -2.06. The summed E-state index contributed by atoms with van der Waals surface area (Å²) in [6, 6.07) is 6.42. The van der Waals surface area contributed by atoms with Gasteiger partial charge in [-0.3, -0.25) is 0 Å². The number of rotatable bonds is 2. The lowest BCUT2D eigenvalue weighted by atomic mass is 10.2. The molecule has 78 valence electrons. The van der Waals surface area contributed by atoms with Gasteiger partial charge >= 0.3 is 0 Å². The summed E-state index contributed by atoms with van der Waals surface area (Å²) in [5, 5.41) is 4.10. The average molecular weight is 317 g/mol. The van der Waals surface area contributed by atoms with Crippen molar-refractivity contribution in [2.75, 3.05) is 5.73 Å². The topological polar surface area (TPSA) is 43.8 Å². The maximum absolute atomic E-state index is 12.9. The van der Waals surface area contributed by atoms with Gasteiger partial charge in [0, 0.05) is 0 Å². The summed E-state index contributed by atoms with van der Waals surface area (Å²) in [5.74, 6) is 0.368. The molecule has 0 bridgehead atoms. The number of hydrogen-bond donors (Lipinski definition) is 1. The maximum Gasteiger partial charge on any atom is 0.135 e. The predicted octanol–water partition coefficient (Wildman–Crippen LogP) is 2.26. The Labute approximate surface area is 100 Å². The lowest BCUT2D eigenvalue weighted by Gasteiger charge is -2.04. The van der Waals surface area contributed by atoms with Gasteiger partial charge < -0.3 is 5.73 Å². The second kappa shape index (κ2) is 4.18. The third-order valence-corrected chi connectivity index (χ3v) is 2.89. The highest BCUT2D eigenvalue weighted by Crippen LogP contribution is 2.15. The van der Waals surface area contributed by atoms with Crippen LogP contribution in [0.4, 0.5) is 10.2 Å². The first-order valence-electron chi connectivity index (χ1n) is 4.38. The van der Waals surface area contributed by atoms with Gasteiger partial charge in [0.1, 0.15) is 11.6 Å². The van der Waals surface area contributed by atoms with E-state index in [2.05, 4.69) is 27.7 Å². The lowest BCUT2D eigenvalue weighted by molar-refractivity contribution is 0.620. The summed E-state index contributed by atoms with van der Waals surface area (Å²) < 4.78 is 15.5. The van der Waals surface area contributed by atoms with Crippen molar-refractivity contribution in [1.29, 1.82) is 0 Å². The van der Waals surface area contributed by atoms with E-state index in [1.807, 2.05) is 6.07 Å². The molecule has 0 unspecified atom stereocenters. The van der Waals surface area contributed by atoms with E-state index in [-0.39, 0.29) is 5.82 Å². The summed E-state index contributed by atoms with van der Waals surface area (Å²) in [5.41, 5.74) is 6.64. The molecule has 0 amide bonds. The Morgan fingerprint density at radius 1 is 1.47 bits per heavy atom. The molecule has 0 saturated carbocycles. The second-order valence-corrected chi connectivity index (χ2v) is 4.33. The van der Waals surface area contributed by atoms with Crippen LogP contribution in [-0.2, 0) is 6.54 Å². The van der Waals surface area contributed by atoms with Crippen LogP contribution < -0.4 is 5.73 Å². The molecule has 0 aliphatic heterocycles. The minimum atomic E-state index is -0.243. The van der Waals surface area contributed by atoms with Crippen molar-refractivity contribution in [3.05, 3.63) is 45.4 Å². The number of nitrogens with zero attached hydrogens (tertiary/aromatic N) is 2. The molecule has 0 radical (unpaired) electrons. The Bertz CT molecular complexity index is 481. The fourth-order valence-corrected chi connectivity index (χ4v) is 1.71. The summed E-state index contributed by atoms with van der Waals surface area (Å²) in [6.45, 7) is 0.493. The highest BCUT2D eigenvalue weighted by Gasteiger charge is 2.05. The van der Waals surface area contributed by atoms with Crippen molar-refractivity contribution in [2.24, 2.45) is 0 Å². The molecular formula is C10H9FIN3. The molecule has 1 aromatic carbocycles. The molecule has 2 rings (SSSR count). The van der Waals surface area contributed by atoms with Crippen molar-refractivity contribution in [2.45, 2.75) is 6.54 Å². The van der Waals surface area contributed by atoms with Gasteiger partial charge in [0.15, 0.2) is 0 Å². The van der Waals surface area contributed by atoms with Crippen molar-refractivity contribution in [3.8, 4) is 0 Å². The molecule has 2 aromatic rings. The van der Waals surface area contributed by atoms with Gasteiger partial charge in [0.25, 0.3) is 0 Å². The zero-order valence-corrected chi connectivity index (χ0v) is 9.98. The Kier molecular flexibility index (Phi) is 2.90. The predicted molar refractivity (Wildman–Crippen MR) is 64.9 cm³/mol. The van der Waals surface area contributed by atoms with E-state index in [4.69, 9.17) is 5.73 Å². The van der Waals surface area contributed by atoms with Crippen LogP contribution >= 0.6 is 22.6 Å². The SMILES string of the molecule is Nc1c(I)cnn1Cc1cccc(F)c1. The minimum absolute atomic E-state index is 0.243. The van der Waals surface area contributed by atoms with Crippen LogP contribution in [0, 0.1) is 9.39 Å². The Hall–Kier alpha value is -1.11. The van der Waals surface area contributed by atoms with E-state index in [0.717, 1.165) is 9.13 Å². The molecule has 15 heavy (non-hydrogen) atoms. The quantitative estimate of drug-likeness (QED) is 0.864. The first-order valence-corrected chi connectivity index (χ1v) is 5.46. The van der Waals surface area contributed by atoms with Gasteiger partial charge in [-0.25, -0.2) is 9.07 Å². The van der Waals surface area contributed by atoms with Crippen LogP contribution in [0.25, 0.3) is 0 Å². The fourth-order valence-electron chi connectivity index (χ4n) is 1.31. The summed E-state index contributed by atoms with van der Waals surface area (Å²) in [6.07, 6.45) is 1.69. The van der Waals surface area contributed by atoms with E-state index in [0.29, 0.717) is 12.4 Å². The molecule has 0 spiro atoms. The summed E-state index contributed by atoms with van der Waals surface area (Å²) in [7, 11) is 0. The summed E-state index contributed by atoms with van der Waals surface area (Å²) in [4.78, 5) is 0. The van der Waals surface area contributed by atoms with Crippen LogP contribution in [0.15, 0.2) is 30.5 Å². The molecule has 3 nitrogen and oxygen atoms in total. The minimum Gasteiger partial charge on any atom is -0.383 e. The van der Waals surface area contributed by atoms with E-state index in [1.54, 1.807) is 16.9 Å². The van der Waals surface area contributed by atoms with Crippen LogP contribution in [0.1, 0.15) is 5.56 Å². The highest BCUT2D eigenvalue weighted by molar-refractivity contribution is 14.1. The molecular weight excluding hydrogens is 308 g/mol. The third-order valence-electron chi connectivity index (χ3n) is 2.05. The number of hydrogen-bond acceptors (Lipinski definition) is 2. The first-order chi connectivity index (χ1) is 7.16. The maximum atomic E-state index is 12.9. The van der Waals surface area contributed by atoms with Gasteiger partial charge in [-0.15, -0.1) is 0 Å². The molecule has 0 saturated heterocycles. The monoisotopic (exact) mass is 317 g/mol. The normalized spacial score (nSPS) is 10.5. The molecule has 2 N–H and O–H groups in total. The standard InChI is InChI=1S/C10H9FIN3/c11-8-3-1-2-7(4-8)6-15-10(13)9(12)5-14-15/h1-5H,6,13H2. The van der Waals surface area contributed by atoms with E-state index >= 15 is 0 Å². The van der Waals surface area contributed by atoms with E-state index < -0.39 is 0 Å². The zero-order valence-electron chi connectivity index (χ0n) is 7.82. The molecule has 0 atom stereocenters. The molecule has 1 aromatic heterocycles. The number of nitrogens with two attached hydrogens (primary N) is 1. The van der Waals surface area contributed by atoms with E-state index in [9.17, 15) is 4.39 Å². The highest BCUT2D eigenvalue weighted by atomic mass is 127. The molecule has 0 fully saturated rings. The fraction of sp³-hybridized carbons (Fsp3) is 0.100. The Morgan fingerprint density at radius 3 is 2.87 bits per heavy atom. The Morgan fingerprint density at radius 2 is 2.27 bits per heavy atom. The molecule has 5 heteroatoms. The first kappa shape index (κ1) is 10.4. The van der Waals surface area contributed by atoms with Crippen LogP contribution in [0.3, 0.4) is 0 Å². The smallest absolute Gasteiger partial charge is 0.135 e. The van der Waals surface area contributed by atoms with Gasteiger partial charge in [-0.2, -0.15) is 5.10 Å². The molecule has 0 aliphatic rings. The van der Waals surface area contributed by atoms with Crippen LogP contribution in [0.2, 0.25) is 0 Å². The van der Waals surface area contributed by atoms with Crippen molar-refractivity contribution >= 4 is 28.4 Å². The molecule has 1 heterocycles. The number of halogens is 2. The zero-order chi connectivity index (χ0) is 10.8. The number of aromatic nitrogens is 2. The van der Waals surface area contributed by atoms with Crippen molar-refractivity contribution < 1.29 is 4.39 Å². The number of benzene rings is 1. The van der Waals surface area contributed by atoms with Crippen molar-refractivity contribution in [3.63, 3.8) is 0 Å². The second-order valence-electron chi connectivity index (χ2n) is 3.17. The Balaban J connectivity index is 2.26. The number of nitrogen functional groups attached to an aromatic ring is 1. The third kappa shape index (κ3) is 2.28. The van der Waals surface area contributed by atoms with Crippen molar-refractivity contribution in [1.82, 2.24) is 9.78 Å².